The maximum absolute atomic E-state index is 12.4. The van der Waals surface area contributed by atoms with Crippen molar-refractivity contribution in [3.63, 3.8) is 0 Å². The van der Waals surface area contributed by atoms with Gasteiger partial charge in [-0.15, -0.1) is 0 Å². The first kappa shape index (κ1) is 12.8. The molecule has 2 fully saturated rings. The zero-order valence-electron chi connectivity index (χ0n) is 9.76. The van der Waals surface area contributed by atoms with Crippen LogP contribution in [0, 0.1) is 0 Å². The Kier molecular flexibility index (Phi) is 3.17. The highest BCUT2D eigenvalue weighted by atomic mass is 32.2. The molecule has 0 aromatic heterocycles. The predicted molar refractivity (Wildman–Crippen MR) is 60.1 cm³/mol. The van der Waals surface area contributed by atoms with Crippen molar-refractivity contribution < 1.29 is 23.1 Å². The zero-order valence-corrected chi connectivity index (χ0v) is 10.6. The fourth-order valence-corrected chi connectivity index (χ4v) is 4.68. The molecule has 1 N–H and O–H groups in total. The Morgan fingerprint density at radius 3 is 2.65 bits per heavy atom. The van der Waals surface area contributed by atoms with E-state index in [2.05, 4.69) is 0 Å². The van der Waals surface area contributed by atoms with E-state index in [-0.39, 0.29) is 6.61 Å². The van der Waals surface area contributed by atoms with E-state index >= 15 is 0 Å². The van der Waals surface area contributed by atoms with Gasteiger partial charge in [-0.1, -0.05) is 0 Å². The van der Waals surface area contributed by atoms with E-state index in [4.69, 9.17) is 9.84 Å². The number of methoxy groups -OCH3 is 1. The van der Waals surface area contributed by atoms with Gasteiger partial charge in [0.25, 0.3) is 0 Å². The smallest absolute Gasteiger partial charge is 0.322 e. The Morgan fingerprint density at radius 2 is 2.18 bits per heavy atom. The van der Waals surface area contributed by atoms with E-state index in [0.29, 0.717) is 32.2 Å². The monoisotopic (exact) mass is 263 g/mol. The highest BCUT2D eigenvalue weighted by Crippen LogP contribution is 2.46. The van der Waals surface area contributed by atoms with Crippen molar-refractivity contribution in [2.75, 3.05) is 20.3 Å². The lowest BCUT2D eigenvalue weighted by Crippen LogP contribution is -2.47. The largest absolute Gasteiger partial charge is 0.480 e. The molecule has 1 atom stereocenters. The van der Waals surface area contributed by atoms with E-state index in [1.807, 2.05) is 0 Å². The Balaban J connectivity index is 2.24. The molecule has 6 nitrogen and oxygen atoms in total. The summed E-state index contributed by atoms with van der Waals surface area (Å²) in [4.78, 5) is 11.0. The number of hydrogen-bond donors (Lipinski definition) is 1. The first-order chi connectivity index (χ1) is 7.94. The summed E-state index contributed by atoms with van der Waals surface area (Å²) >= 11 is 0. The van der Waals surface area contributed by atoms with Gasteiger partial charge in [0, 0.05) is 13.7 Å². The average molecular weight is 263 g/mol. The van der Waals surface area contributed by atoms with Gasteiger partial charge >= 0.3 is 5.97 Å². The number of ether oxygens (including phenoxy) is 1. The molecule has 1 heterocycles. The van der Waals surface area contributed by atoms with Crippen LogP contribution in [0.2, 0.25) is 0 Å². The molecule has 2 rings (SSSR count). The fourth-order valence-electron chi connectivity index (χ4n) is 2.40. The molecule has 1 unspecified atom stereocenters. The molecule has 1 saturated heterocycles. The van der Waals surface area contributed by atoms with Crippen LogP contribution < -0.4 is 0 Å². The highest BCUT2D eigenvalue weighted by molar-refractivity contribution is 7.90. The van der Waals surface area contributed by atoms with Crippen LogP contribution in [0.3, 0.4) is 0 Å². The maximum Gasteiger partial charge on any atom is 0.322 e. The predicted octanol–water partition coefficient (Wildman–Crippen LogP) is 0.0442. The first-order valence-electron chi connectivity index (χ1n) is 5.68. The number of carboxylic acid groups (broad SMARTS) is 1. The Hall–Kier alpha value is -0.660. The summed E-state index contributed by atoms with van der Waals surface area (Å²) < 4.78 is 30.1. The molecule has 2 aliphatic rings. The number of hydrogen-bond acceptors (Lipinski definition) is 4. The van der Waals surface area contributed by atoms with Gasteiger partial charge in [0.1, 0.15) is 10.8 Å². The van der Waals surface area contributed by atoms with Crippen LogP contribution in [-0.4, -0.2) is 54.8 Å². The van der Waals surface area contributed by atoms with Crippen LogP contribution in [0.4, 0.5) is 0 Å². The van der Waals surface area contributed by atoms with Crippen LogP contribution >= 0.6 is 0 Å². The second-order valence-electron chi connectivity index (χ2n) is 4.73. The Bertz CT molecular complexity index is 414. The van der Waals surface area contributed by atoms with E-state index in [1.165, 1.54) is 7.11 Å². The number of nitrogens with zero attached hydrogens (tertiary/aromatic N) is 1. The number of aliphatic carboxylic acids is 1. The topological polar surface area (TPSA) is 83.9 Å². The minimum absolute atomic E-state index is 0.151. The SMILES string of the molecule is COCC1(S(=O)(=O)N2CCCC2C(=O)O)CC1. The maximum atomic E-state index is 12.4. The highest BCUT2D eigenvalue weighted by Gasteiger charge is 2.59. The molecule has 0 amide bonds. The Morgan fingerprint density at radius 1 is 1.53 bits per heavy atom. The van der Waals surface area contributed by atoms with E-state index in [9.17, 15) is 13.2 Å². The third kappa shape index (κ3) is 1.96. The number of carbonyl (C=O) groups is 1. The van der Waals surface area contributed by atoms with Gasteiger partial charge < -0.3 is 9.84 Å². The molecule has 0 aromatic carbocycles. The lowest BCUT2D eigenvalue weighted by molar-refractivity contribution is -0.140. The van der Waals surface area contributed by atoms with Gasteiger partial charge in [-0.3, -0.25) is 4.79 Å². The molecule has 0 spiro atoms. The summed E-state index contributed by atoms with van der Waals surface area (Å²) in [5, 5.41) is 9.03. The quantitative estimate of drug-likeness (QED) is 0.757. The number of carboxylic acids is 1. The normalized spacial score (nSPS) is 28.2. The van der Waals surface area contributed by atoms with Crippen molar-refractivity contribution in [1.29, 1.82) is 0 Å². The molecular weight excluding hydrogens is 246 g/mol. The fraction of sp³-hybridized carbons (Fsp3) is 0.900. The minimum Gasteiger partial charge on any atom is -0.480 e. The molecule has 1 saturated carbocycles. The van der Waals surface area contributed by atoms with E-state index in [1.54, 1.807) is 0 Å². The third-order valence-corrected chi connectivity index (χ3v) is 6.23. The standard InChI is InChI=1S/C10H17NO5S/c1-16-7-10(4-5-10)17(14,15)11-6-2-3-8(11)9(12)13/h8H,2-7H2,1H3,(H,12,13). The van der Waals surface area contributed by atoms with Crippen LogP contribution in [0.1, 0.15) is 25.7 Å². The summed E-state index contributed by atoms with van der Waals surface area (Å²) in [6, 6.07) is -0.894. The van der Waals surface area contributed by atoms with Gasteiger partial charge in [-0.25, -0.2) is 8.42 Å². The third-order valence-electron chi connectivity index (χ3n) is 3.56. The van der Waals surface area contributed by atoms with Crippen LogP contribution in [0.5, 0.6) is 0 Å². The van der Waals surface area contributed by atoms with Crippen LogP contribution in [0.15, 0.2) is 0 Å². The van der Waals surface area contributed by atoms with Gasteiger partial charge in [0.05, 0.1) is 6.61 Å². The first-order valence-corrected chi connectivity index (χ1v) is 7.12. The summed E-state index contributed by atoms with van der Waals surface area (Å²) in [6.07, 6.45) is 2.13. The van der Waals surface area contributed by atoms with Crippen molar-refractivity contribution >= 4 is 16.0 Å². The molecule has 1 aliphatic heterocycles. The lowest BCUT2D eigenvalue weighted by Gasteiger charge is -2.26. The molecule has 98 valence electrons. The molecule has 0 radical (unpaired) electrons. The van der Waals surface area contributed by atoms with Crippen molar-refractivity contribution in [2.24, 2.45) is 0 Å². The molecular formula is C10H17NO5S. The molecule has 7 heteroatoms. The van der Waals surface area contributed by atoms with E-state index < -0.39 is 26.8 Å². The summed E-state index contributed by atoms with van der Waals surface area (Å²) in [5.41, 5.74) is 0. The van der Waals surface area contributed by atoms with Crippen molar-refractivity contribution in [3.05, 3.63) is 0 Å². The molecule has 17 heavy (non-hydrogen) atoms. The minimum atomic E-state index is -3.56. The molecule has 0 bridgehead atoms. The van der Waals surface area contributed by atoms with Gasteiger partial charge in [-0.2, -0.15) is 4.31 Å². The van der Waals surface area contributed by atoms with E-state index in [0.717, 1.165) is 4.31 Å². The van der Waals surface area contributed by atoms with Crippen molar-refractivity contribution in [1.82, 2.24) is 4.31 Å². The average Bonchev–Trinajstić information content (AvgIpc) is 2.88. The number of rotatable bonds is 5. The van der Waals surface area contributed by atoms with Crippen molar-refractivity contribution in [3.8, 4) is 0 Å². The Labute approximate surface area is 101 Å². The van der Waals surface area contributed by atoms with Crippen LogP contribution in [0.25, 0.3) is 0 Å². The van der Waals surface area contributed by atoms with Gasteiger partial charge in [0.15, 0.2) is 0 Å². The van der Waals surface area contributed by atoms with Gasteiger partial charge in [0.2, 0.25) is 10.0 Å². The van der Waals surface area contributed by atoms with Crippen LogP contribution in [-0.2, 0) is 19.6 Å². The van der Waals surface area contributed by atoms with Crippen molar-refractivity contribution in [2.45, 2.75) is 36.5 Å². The molecule has 0 aromatic rings. The summed E-state index contributed by atoms with van der Waals surface area (Å²) in [5.74, 6) is -1.06. The van der Waals surface area contributed by atoms with Gasteiger partial charge in [-0.05, 0) is 25.7 Å². The lowest BCUT2D eigenvalue weighted by atomic mass is 10.2. The second-order valence-corrected chi connectivity index (χ2v) is 7.01. The zero-order chi connectivity index (χ0) is 12.7. The molecule has 1 aliphatic carbocycles. The summed E-state index contributed by atoms with van der Waals surface area (Å²) in [6.45, 7) is 0.461. The summed E-state index contributed by atoms with van der Waals surface area (Å²) in [7, 11) is -2.09. The second kappa shape index (κ2) is 4.22. The number of sulfonamides is 1.